The van der Waals surface area contributed by atoms with Crippen LogP contribution < -0.4 is 0 Å². The SMILES string of the molecule is O=C(C1CC1)N1CCC2(CC1)CC(CCO)CCO2. The van der Waals surface area contributed by atoms with Crippen LogP contribution in [0.2, 0.25) is 0 Å². The van der Waals surface area contributed by atoms with Crippen LogP contribution >= 0.6 is 0 Å². The van der Waals surface area contributed by atoms with Crippen molar-refractivity contribution in [3.63, 3.8) is 0 Å². The van der Waals surface area contributed by atoms with Crippen molar-refractivity contribution in [3.8, 4) is 0 Å². The largest absolute Gasteiger partial charge is 0.396 e. The van der Waals surface area contributed by atoms with Gasteiger partial charge < -0.3 is 14.7 Å². The van der Waals surface area contributed by atoms with Gasteiger partial charge in [-0.2, -0.15) is 0 Å². The van der Waals surface area contributed by atoms with E-state index in [1.165, 1.54) is 0 Å². The molecule has 4 nitrogen and oxygen atoms in total. The van der Waals surface area contributed by atoms with Crippen molar-refractivity contribution in [2.75, 3.05) is 26.3 Å². The number of rotatable bonds is 3. The van der Waals surface area contributed by atoms with Crippen LogP contribution in [0.15, 0.2) is 0 Å². The van der Waals surface area contributed by atoms with Gasteiger partial charge in [0.25, 0.3) is 0 Å². The molecule has 108 valence electrons. The van der Waals surface area contributed by atoms with Gasteiger partial charge >= 0.3 is 0 Å². The Bertz CT molecular complexity index is 330. The van der Waals surface area contributed by atoms with Gasteiger partial charge in [-0.05, 0) is 50.9 Å². The van der Waals surface area contributed by atoms with Gasteiger partial charge in [0.05, 0.1) is 5.60 Å². The first-order valence-electron chi connectivity index (χ1n) is 7.76. The van der Waals surface area contributed by atoms with Crippen molar-refractivity contribution >= 4 is 5.91 Å². The molecule has 0 aromatic carbocycles. The zero-order valence-corrected chi connectivity index (χ0v) is 11.6. The zero-order chi connectivity index (χ0) is 13.3. The molecule has 1 saturated carbocycles. The number of hydrogen-bond donors (Lipinski definition) is 1. The highest BCUT2D eigenvalue weighted by atomic mass is 16.5. The summed E-state index contributed by atoms with van der Waals surface area (Å²) in [7, 11) is 0. The van der Waals surface area contributed by atoms with Gasteiger partial charge in [0.2, 0.25) is 5.91 Å². The minimum absolute atomic E-state index is 0.00157. The molecule has 1 unspecified atom stereocenters. The first-order chi connectivity index (χ1) is 9.22. The number of carbonyl (C=O) groups excluding carboxylic acids is 1. The molecule has 1 atom stereocenters. The summed E-state index contributed by atoms with van der Waals surface area (Å²) in [5, 5.41) is 9.09. The average Bonchev–Trinajstić information content (AvgIpc) is 3.24. The molecular weight excluding hydrogens is 242 g/mol. The lowest BCUT2D eigenvalue weighted by atomic mass is 9.78. The number of piperidine rings is 1. The Morgan fingerprint density at radius 1 is 1.26 bits per heavy atom. The van der Waals surface area contributed by atoms with Crippen molar-refractivity contribution in [1.29, 1.82) is 0 Å². The maximum Gasteiger partial charge on any atom is 0.225 e. The molecular formula is C15H25NO3. The number of hydrogen-bond acceptors (Lipinski definition) is 3. The summed E-state index contributed by atoms with van der Waals surface area (Å²) >= 11 is 0. The number of aliphatic hydroxyl groups is 1. The second kappa shape index (κ2) is 5.41. The van der Waals surface area contributed by atoms with Crippen molar-refractivity contribution < 1.29 is 14.6 Å². The molecule has 0 radical (unpaired) electrons. The molecule has 1 amide bonds. The fourth-order valence-corrected chi connectivity index (χ4v) is 3.63. The third-order valence-electron chi connectivity index (χ3n) is 5.05. The van der Waals surface area contributed by atoms with E-state index >= 15 is 0 Å². The Hall–Kier alpha value is -0.610. The summed E-state index contributed by atoms with van der Waals surface area (Å²) in [5.41, 5.74) is -0.00157. The van der Waals surface area contributed by atoms with E-state index in [1.54, 1.807) is 0 Å². The summed E-state index contributed by atoms with van der Waals surface area (Å²) in [6, 6.07) is 0. The lowest BCUT2D eigenvalue weighted by Crippen LogP contribution is -2.51. The molecule has 3 rings (SSSR count). The maximum absolute atomic E-state index is 12.1. The Labute approximate surface area is 115 Å². The maximum atomic E-state index is 12.1. The molecule has 2 aliphatic heterocycles. The van der Waals surface area contributed by atoms with Crippen molar-refractivity contribution in [2.45, 2.75) is 50.5 Å². The zero-order valence-electron chi connectivity index (χ0n) is 11.6. The van der Waals surface area contributed by atoms with Crippen LogP contribution in [0.25, 0.3) is 0 Å². The van der Waals surface area contributed by atoms with Crippen LogP contribution in [0.1, 0.15) is 44.9 Å². The average molecular weight is 267 g/mol. The minimum Gasteiger partial charge on any atom is -0.396 e. The number of ether oxygens (including phenoxy) is 1. The summed E-state index contributed by atoms with van der Waals surface area (Å²) in [6.45, 7) is 2.83. The molecule has 4 heteroatoms. The van der Waals surface area contributed by atoms with E-state index in [9.17, 15) is 4.79 Å². The first kappa shape index (κ1) is 13.4. The third kappa shape index (κ3) is 2.95. The Morgan fingerprint density at radius 2 is 2.00 bits per heavy atom. The predicted molar refractivity (Wildman–Crippen MR) is 71.6 cm³/mol. The molecule has 1 spiro atoms. The quantitative estimate of drug-likeness (QED) is 0.844. The Kier molecular flexibility index (Phi) is 3.81. The van der Waals surface area contributed by atoms with Crippen LogP contribution in [0.3, 0.4) is 0 Å². The van der Waals surface area contributed by atoms with Crippen LogP contribution in [0, 0.1) is 11.8 Å². The van der Waals surface area contributed by atoms with Gasteiger partial charge in [-0.3, -0.25) is 4.79 Å². The molecule has 2 saturated heterocycles. The highest BCUT2D eigenvalue weighted by Crippen LogP contribution is 2.40. The molecule has 19 heavy (non-hydrogen) atoms. The predicted octanol–water partition coefficient (Wildman–Crippen LogP) is 1.57. The van der Waals surface area contributed by atoms with Crippen LogP contribution in [0.5, 0.6) is 0 Å². The van der Waals surface area contributed by atoms with Crippen LogP contribution in [0.4, 0.5) is 0 Å². The highest BCUT2D eigenvalue weighted by Gasteiger charge is 2.42. The summed E-state index contributed by atoms with van der Waals surface area (Å²) < 4.78 is 6.07. The van der Waals surface area contributed by atoms with E-state index in [-0.39, 0.29) is 12.2 Å². The van der Waals surface area contributed by atoms with E-state index in [0.29, 0.717) is 17.7 Å². The van der Waals surface area contributed by atoms with E-state index in [4.69, 9.17) is 9.84 Å². The molecule has 0 bridgehead atoms. The Balaban J connectivity index is 1.54. The number of aliphatic hydroxyl groups excluding tert-OH is 1. The summed E-state index contributed by atoms with van der Waals surface area (Å²) in [6.07, 6.45) is 7.19. The van der Waals surface area contributed by atoms with E-state index in [2.05, 4.69) is 0 Å². The lowest BCUT2D eigenvalue weighted by molar-refractivity contribution is -0.148. The molecule has 0 aromatic rings. The van der Waals surface area contributed by atoms with Gasteiger partial charge in [0.1, 0.15) is 0 Å². The number of likely N-dealkylation sites (tertiary alicyclic amines) is 1. The Morgan fingerprint density at radius 3 is 2.63 bits per heavy atom. The van der Waals surface area contributed by atoms with Crippen molar-refractivity contribution in [1.82, 2.24) is 4.90 Å². The molecule has 1 N–H and O–H groups in total. The van der Waals surface area contributed by atoms with Gasteiger partial charge in [0, 0.05) is 32.2 Å². The fourth-order valence-electron chi connectivity index (χ4n) is 3.63. The minimum atomic E-state index is -0.00157. The summed E-state index contributed by atoms with van der Waals surface area (Å²) in [5.74, 6) is 1.31. The summed E-state index contributed by atoms with van der Waals surface area (Å²) in [4.78, 5) is 14.1. The topological polar surface area (TPSA) is 49.8 Å². The van der Waals surface area contributed by atoms with E-state index in [0.717, 1.165) is 64.6 Å². The van der Waals surface area contributed by atoms with Gasteiger partial charge in [-0.1, -0.05) is 0 Å². The highest BCUT2D eigenvalue weighted by molar-refractivity contribution is 5.81. The van der Waals surface area contributed by atoms with E-state index in [1.807, 2.05) is 4.90 Å². The normalized spacial score (nSPS) is 30.6. The van der Waals surface area contributed by atoms with Crippen LogP contribution in [-0.4, -0.2) is 47.8 Å². The molecule has 0 aromatic heterocycles. The van der Waals surface area contributed by atoms with Gasteiger partial charge in [0.15, 0.2) is 0 Å². The molecule has 3 aliphatic rings. The number of carbonyl (C=O) groups is 1. The first-order valence-corrected chi connectivity index (χ1v) is 7.76. The molecule has 1 aliphatic carbocycles. The molecule has 3 fully saturated rings. The molecule has 2 heterocycles. The number of nitrogens with zero attached hydrogens (tertiary/aromatic N) is 1. The lowest BCUT2D eigenvalue weighted by Gasteiger charge is -2.46. The monoisotopic (exact) mass is 267 g/mol. The van der Waals surface area contributed by atoms with Crippen molar-refractivity contribution in [2.24, 2.45) is 11.8 Å². The standard InChI is InChI=1S/C15H25NO3/c17-9-3-12-4-10-19-15(11-12)5-7-16(8-6-15)14(18)13-1-2-13/h12-13,17H,1-11H2. The van der Waals surface area contributed by atoms with Crippen LogP contribution in [-0.2, 0) is 9.53 Å². The number of amides is 1. The smallest absolute Gasteiger partial charge is 0.225 e. The fraction of sp³-hybridized carbons (Fsp3) is 0.933. The second-order valence-electron chi connectivity index (χ2n) is 6.50. The van der Waals surface area contributed by atoms with Gasteiger partial charge in [-0.25, -0.2) is 0 Å². The third-order valence-corrected chi connectivity index (χ3v) is 5.05. The van der Waals surface area contributed by atoms with Gasteiger partial charge in [-0.15, -0.1) is 0 Å². The van der Waals surface area contributed by atoms with E-state index < -0.39 is 0 Å². The van der Waals surface area contributed by atoms with Crippen molar-refractivity contribution in [3.05, 3.63) is 0 Å². The second-order valence-corrected chi connectivity index (χ2v) is 6.50.